The molecule has 0 saturated heterocycles. The lowest BCUT2D eigenvalue weighted by Crippen LogP contribution is -2.17. The molecule has 0 aliphatic rings. The topological polar surface area (TPSA) is 110 Å². The number of aromatic nitrogens is 3. The highest BCUT2D eigenvalue weighted by Gasteiger charge is 2.30. The first-order chi connectivity index (χ1) is 14.7. The first-order valence-electron chi connectivity index (χ1n) is 8.58. The zero-order chi connectivity index (χ0) is 22.4. The SMILES string of the molecule is Nn1c(N/N=C/c2ccccc2F)nnc1SCC(=O)Nc1cccc(C(F)(F)F)c1. The molecule has 0 bridgehead atoms. The van der Waals surface area contributed by atoms with Crippen LogP contribution in [0, 0.1) is 5.82 Å². The zero-order valence-corrected chi connectivity index (χ0v) is 16.4. The van der Waals surface area contributed by atoms with E-state index in [2.05, 4.69) is 26.0 Å². The van der Waals surface area contributed by atoms with Gasteiger partial charge in [0.25, 0.3) is 5.95 Å². The molecule has 0 aliphatic carbocycles. The minimum absolute atomic E-state index is 0.0134. The number of nitrogen functional groups attached to an aromatic ring is 1. The molecule has 0 aliphatic heterocycles. The molecule has 0 atom stereocenters. The maximum Gasteiger partial charge on any atom is 0.416 e. The fourth-order valence-corrected chi connectivity index (χ4v) is 2.95. The van der Waals surface area contributed by atoms with Crippen LogP contribution in [0.4, 0.5) is 29.2 Å². The van der Waals surface area contributed by atoms with Gasteiger partial charge < -0.3 is 11.2 Å². The number of carbonyl (C=O) groups excluding carboxylic acids is 1. The van der Waals surface area contributed by atoms with Crippen LogP contribution in [0.2, 0.25) is 0 Å². The average molecular weight is 453 g/mol. The van der Waals surface area contributed by atoms with Crippen molar-refractivity contribution in [1.82, 2.24) is 14.9 Å². The van der Waals surface area contributed by atoms with Gasteiger partial charge in [0.2, 0.25) is 11.1 Å². The number of amides is 1. The van der Waals surface area contributed by atoms with Gasteiger partial charge in [0.05, 0.1) is 17.5 Å². The molecule has 31 heavy (non-hydrogen) atoms. The van der Waals surface area contributed by atoms with E-state index in [-0.39, 0.29) is 28.1 Å². The Morgan fingerprint density at radius 3 is 2.71 bits per heavy atom. The summed E-state index contributed by atoms with van der Waals surface area (Å²) >= 11 is 0.915. The number of thioether (sulfide) groups is 1. The number of halogens is 4. The summed E-state index contributed by atoms with van der Waals surface area (Å²) in [6.07, 6.45) is -3.27. The second-order valence-electron chi connectivity index (χ2n) is 5.98. The maximum atomic E-state index is 13.5. The van der Waals surface area contributed by atoms with Crippen molar-refractivity contribution in [3.05, 3.63) is 65.5 Å². The third-order valence-corrected chi connectivity index (χ3v) is 4.69. The highest BCUT2D eigenvalue weighted by molar-refractivity contribution is 7.99. The second kappa shape index (κ2) is 9.47. The zero-order valence-electron chi connectivity index (χ0n) is 15.6. The Balaban J connectivity index is 1.55. The Labute approximate surface area is 177 Å². The summed E-state index contributed by atoms with van der Waals surface area (Å²) in [7, 11) is 0. The molecule has 8 nitrogen and oxygen atoms in total. The van der Waals surface area contributed by atoms with Crippen molar-refractivity contribution in [2.24, 2.45) is 5.10 Å². The molecule has 0 unspecified atom stereocenters. The van der Waals surface area contributed by atoms with Gasteiger partial charge >= 0.3 is 6.18 Å². The standard InChI is InChI=1S/C18H15F4N7OS/c19-14-7-2-1-4-11(14)9-24-26-16-27-28-17(29(16)23)31-10-15(30)25-13-6-3-5-12(8-13)18(20,21)22/h1-9H,10,23H2,(H,25,30)(H,26,27)/b24-9+. The van der Waals surface area contributed by atoms with E-state index in [0.29, 0.717) is 0 Å². The number of nitrogens with zero attached hydrogens (tertiary/aromatic N) is 4. The summed E-state index contributed by atoms with van der Waals surface area (Å²) in [4.78, 5) is 12.0. The van der Waals surface area contributed by atoms with Crippen LogP contribution >= 0.6 is 11.8 Å². The predicted molar refractivity (Wildman–Crippen MR) is 109 cm³/mol. The van der Waals surface area contributed by atoms with Gasteiger partial charge in [-0.2, -0.15) is 18.3 Å². The number of nitrogens with two attached hydrogens (primary N) is 1. The van der Waals surface area contributed by atoms with Crippen molar-refractivity contribution in [2.45, 2.75) is 11.3 Å². The van der Waals surface area contributed by atoms with Crippen LogP contribution in [0.25, 0.3) is 0 Å². The number of anilines is 2. The molecule has 162 valence electrons. The highest BCUT2D eigenvalue weighted by Crippen LogP contribution is 2.30. The number of hydrogen-bond donors (Lipinski definition) is 3. The molecule has 1 aromatic heterocycles. The first kappa shape index (κ1) is 22.1. The molecular weight excluding hydrogens is 438 g/mol. The molecule has 1 heterocycles. The summed E-state index contributed by atoms with van der Waals surface area (Å²) in [6.45, 7) is 0. The lowest BCUT2D eigenvalue weighted by Gasteiger charge is -2.09. The number of carbonyl (C=O) groups is 1. The monoisotopic (exact) mass is 453 g/mol. The summed E-state index contributed by atoms with van der Waals surface area (Å²) in [5.74, 6) is 4.67. The molecule has 3 rings (SSSR count). The van der Waals surface area contributed by atoms with Crippen molar-refractivity contribution >= 4 is 35.5 Å². The van der Waals surface area contributed by atoms with Crippen LogP contribution in [0.1, 0.15) is 11.1 Å². The third kappa shape index (κ3) is 5.94. The summed E-state index contributed by atoms with van der Waals surface area (Å²) in [5, 5.41) is 13.9. The van der Waals surface area contributed by atoms with Gasteiger partial charge in [-0.25, -0.2) is 14.5 Å². The van der Waals surface area contributed by atoms with Crippen LogP contribution < -0.4 is 16.6 Å². The first-order valence-corrected chi connectivity index (χ1v) is 9.56. The van der Waals surface area contributed by atoms with Gasteiger partial charge in [0.15, 0.2) is 0 Å². The van der Waals surface area contributed by atoms with E-state index < -0.39 is 23.5 Å². The fourth-order valence-electron chi connectivity index (χ4n) is 2.29. The molecule has 3 aromatic rings. The van der Waals surface area contributed by atoms with Gasteiger partial charge in [0, 0.05) is 11.3 Å². The molecule has 0 saturated carbocycles. The Morgan fingerprint density at radius 1 is 1.19 bits per heavy atom. The van der Waals surface area contributed by atoms with E-state index >= 15 is 0 Å². The number of rotatable bonds is 7. The van der Waals surface area contributed by atoms with Crippen molar-refractivity contribution in [1.29, 1.82) is 0 Å². The summed E-state index contributed by atoms with van der Waals surface area (Å²) in [5.41, 5.74) is 1.90. The minimum atomic E-state index is -4.51. The van der Waals surface area contributed by atoms with Crippen LogP contribution in [0.15, 0.2) is 58.8 Å². The third-order valence-electron chi connectivity index (χ3n) is 3.74. The number of hydrogen-bond acceptors (Lipinski definition) is 7. The van der Waals surface area contributed by atoms with Crippen molar-refractivity contribution in [3.8, 4) is 0 Å². The van der Waals surface area contributed by atoms with E-state index in [1.807, 2.05) is 0 Å². The minimum Gasteiger partial charge on any atom is -0.334 e. The van der Waals surface area contributed by atoms with Crippen molar-refractivity contribution in [3.63, 3.8) is 0 Å². The van der Waals surface area contributed by atoms with Gasteiger partial charge in [-0.05, 0) is 24.3 Å². The van der Waals surface area contributed by atoms with Crippen LogP contribution in [-0.4, -0.2) is 32.7 Å². The lowest BCUT2D eigenvalue weighted by atomic mass is 10.2. The number of nitrogens with one attached hydrogen (secondary N) is 2. The van der Waals surface area contributed by atoms with E-state index in [1.165, 1.54) is 30.5 Å². The molecule has 2 aromatic carbocycles. The fraction of sp³-hybridized carbons (Fsp3) is 0.111. The molecule has 13 heteroatoms. The number of alkyl halides is 3. The van der Waals surface area contributed by atoms with Gasteiger partial charge in [-0.3, -0.25) is 4.79 Å². The number of hydrazone groups is 1. The van der Waals surface area contributed by atoms with Gasteiger partial charge in [-0.1, -0.05) is 36.0 Å². The molecule has 0 fully saturated rings. The van der Waals surface area contributed by atoms with Crippen molar-refractivity contribution < 1.29 is 22.4 Å². The Hall–Kier alpha value is -3.61. The Bertz CT molecular complexity index is 1100. The highest BCUT2D eigenvalue weighted by atomic mass is 32.2. The Morgan fingerprint density at radius 2 is 1.97 bits per heavy atom. The lowest BCUT2D eigenvalue weighted by molar-refractivity contribution is -0.137. The smallest absolute Gasteiger partial charge is 0.334 e. The predicted octanol–water partition coefficient (Wildman–Crippen LogP) is 3.33. The summed E-state index contributed by atoms with van der Waals surface area (Å²) < 4.78 is 52.8. The van der Waals surface area contributed by atoms with E-state index in [4.69, 9.17) is 5.84 Å². The Kier molecular flexibility index (Phi) is 6.74. The van der Waals surface area contributed by atoms with E-state index in [0.717, 1.165) is 28.6 Å². The molecular formula is C18H15F4N7OS. The molecule has 1 amide bonds. The van der Waals surface area contributed by atoms with Crippen molar-refractivity contribution in [2.75, 3.05) is 22.3 Å². The van der Waals surface area contributed by atoms with Crippen LogP contribution in [-0.2, 0) is 11.0 Å². The van der Waals surface area contributed by atoms with Crippen LogP contribution in [0.3, 0.4) is 0 Å². The van der Waals surface area contributed by atoms with Crippen LogP contribution in [0.5, 0.6) is 0 Å². The normalized spacial score (nSPS) is 11.6. The number of benzene rings is 2. The summed E-state index contributed by atoms with van der Waals surface area (Å²) in [6, 6.07) is 10.3. The van der Waals surface area contributed by atoms with Gasteiger partial charge in [-0.15, -0.1) is 10.2 Å². The van der Waals surface area contributed by atoms with Gasteiger partial charge in [0.1, 0.15) is 5.82 Å². The molecule has 4 N–H and O–H groups in total. The second-order valence-corrected chi connectivity index (χ2v) is 6.93. The maximum absolute atomic E-state index is 13.5. The molecule has 0 radical (unpaired) electrons. The van der Waals surface area contributed by atoms with E-state index in [1.54, 1.807) is 12.1 Å². The quantitative estimate of drug-likeness (QED) is 0.166. The molecule has 0 spiro atoms. The largest absolute Gasteiger partial charge is 0.416 e. The average Bonchev–Trinajstić information content (AvgIpc) is 3.07. The van der Waals surface area contributed by atoms with E-state index in [9.17, 15) is 22.4 Å².